The van der Waals surface area contributed by atoms with E-state index in [1.807, 2.05) is 18.0 Å². The van der Waals surface area contributed by atoms with E-state index in [9.17, 15) is 4.79 Å². The van der Waals surface area contributed by atoms with E-state index in [0.717, 1.165) is 31.6 Å². The van der Waals surface area contributed by atoms with Gasteiger partial charge in [-0.15, -0.1) is 0 Å². The van der Waals surface area contributed by atoms with Gasteiger partial charge in [-0.1, -0.05) is 0 Å². The van der Waals surface area contributed by atoms with Crippen molar-refractivity contribution < 1.29 is 4.79 Å². The lowest BCUT2D eigenvalue weighted by Gasteiger charge is -2.32. The second-order valence-electron chi connectivity index (χ2n) is 5.36. The number of carbonyl (C=O) groups excluding carboxylic acids is 1. The Balaban J connectivity index is 1.68. The number of likely N-dealkylation sites (N-methyl/N-ethyl adjacent to an activating group) is 1. The Morgan fingerprint density at radius 3 is 3.06 bits per heavy atom. The Hall–Kier alpha value is -1.36. The van der Waals surface area contributed by atoms with Crippen LogP contribution in [0.1, 0.15) is 47.8 Å². The van der Waals surface area contributed by atoms with Crippen LogP contribution in [0.25, 0.3) is 0 Å². The molecule has 2 N–H and O–H groups in total. The van der Waals surface area contributed by atoms with Crippen molar-refractivity contribution in [2.24, 2.45) is 0 Å². The molecule has 1 aromatic heterocycles. The van der Waals surface area contributed by atoms with E-state index in [0.29, 0.717) is 17.7 Å². The quantitative estimate of drug-likeness (QED) is 0.842. The van der Waals surface area contributed by atoms with Crippen molar-refractivity contribution in [3.63, 3.8) is 0 Å². The van der Waals surface area contributed by atoms with Crippen molar-refractivity contribution in [1.82, 2.24) is 20.4 Å². The van der Waals surface area contributed by atoms with Crippen LogP contribution >= 0.6 is 0 Å². The summed E-state index contributed by atoms with van der Waals surface area (Å²) in [5, 5.41) is 10.4. The van der Waals surface area contributed by atoms with E-state index < -0.39 is 0 Å². The van der Waals surface area contributed by atoms with Gasteiger partial charge in [0.2, 0.25) is 0 Å². The van der Waals surface area contributed by atoms with Crippen LogP contribution in [0.4, 0.5) is 0 Å². The number of H-pyrrole nitrogens is 1. The van der Waals surface area contributed by atoms with Crippen LogP contribution < -0.4 is 5.32 Å². The largest absolute Gasteiger partial charge is 0.336 e. The van der Waals surface area contributed by atoms with Gasteiger partial charge in [0.05, 0.1) is 0 Å². The first-order valence-electron chi connectivity index (χ1n) is 6.80. The maximum Gasteiger partial charge on any atom is 0.274 e. The van der Waals surface area contributed by atoms with Gasteiger partial charge in [0.15, 0.2) is 0 Å². The molecule has 5 nitrogen and oxygen atoms in total. The summed E-state index contributed by atoms with van der Waals surface area (Å²) in [5.74, 6) is 0.684. The minimum Gasteiger partial charge on any atom is -0.336 e. The number of likely N-dealkylation sites (tertiary alicyclic amines) is 1. The van der Waals surface area contributed by atoms with Crippen LogP contribution in [-0.2, 0) is 0 Å². The van der Waals surface area contributed by atoms with Crippen molar-refractivity contribution >= 4 is 5.91 Å². The SMILES string of the molecule is CNC1CCCN(C(=O)c2cc(C3CC3)[nH]n2)C1. The zero-order valence-electron chi connectivity index (χ0n) is 10.8. The van der Waals surface area contributed by atoms with E-state index in [-0.39, 0.29) is 5.91 Å². The fourth-order valence-corrected chi connectivity index (χ4v) is 2.61. The molecule has 0 radical (unpaired) electrons. The number of piperidine rings is 1. The molecule has 98 valence electrons. The Morgan fingerprint density at radius 2 is 2.33 bits per heavy atom. The number of carbonyl (C=O) groups is 1. The van der Waals surface area contributed by atoms with Crippen LogP contribution in [0.3, 0.4) is 0 Å². The molecule has 1 saturated heterocycles. The standard InChI is InChI=1S/C13H20N4O/c1-14-10-3-2-6-17(8-10)13(18)12-7-11(15-16-12)9-4-5-9/h7,9-10,14H,2-6,8H2,1H3,(H,15,16). The molecule has 0 aromatic carbocycles. The topological polar surface area (TPSA) is 61.0 Å². The Bertz CT molecular complexity index is 438. The summed E-state index contributed by atoms with van der Waals surface area (Å²) < 4.78 is 0. The van der Waals surface area contributed by atoms with Gasteiger partial charge in [-0.3, -0.25) is 9.89 Å². The third-order valence-electron chi connectivity index (χ3n) is 3.95. The van der Waals surface area contributed by atoms with E-state index >= 15 is 0 Å². The van der Waals surface area contributed by atoms with Gasteiger partial charge >= 0.3 is 0 Å². The van der Waals surface area contributed by atoms with Gasteiger partial charge in [0.1, 0.15) is 5.69 Å². The summed E-state index contributed by atoms with van der Waals surface area (Å²) in [6.45, 7) is 1.64. The lowest BCUT2D eigenvalue weighted by atomic mass is 10.1. The summed E-state index contributed by atoms with van der Waals surface area (Å²) in [6.07, 6.45) is 4.66. The summed E-state index contributed by atoms with van der Waals surface area (Å²) in [4.78, 5) is 14.2. The highest BCUT2D eigenvalue weighted by Gasteiger charge is 2.29. The number of amides is 1. The first-order chi connectivity index (χ1) is 8.78. The number of hydrogen-bond donors (Lipinski definition) is 2. The molecular formula is C13H20N4O. The van der Waals surface area contributed by atoms with E-state index in [4.69, 9.17) is 0 Å². The molecule has 5 heteroatoms. The van der Waals surface area contributed by atoms with Gasteiger partial charge in [-0.25, -0.2) is 0 Å². The van der Waals surface area contributed by atoms with Crippen molar-refractivity contribution in [2.75, 3.05) is 20.1 Å². The molecule has 2 heterocycles. The summed E-state index contributed by atoms with van der Waals surface area (Å²) in [5.41, 5.74) is 1.70. The fraction of sp³-hybridized carbons (Fsp3) is 0.692. The molecule has 1 saturated carbocycles. The van der Waals surface area contributed by atoms with Gasteiger partial charge in [-0.05, 0) is 38.8 Å². The molecule has 1 aliphatic heterocycles. The van der Waals surface area contributed by atoms with Crippen molar-refractivity contribution in [2.45, 2.75) is 37.6 Å². The van der Waals surface area contributed by atoms with Gasteiger partial charge in [-0.2, -0.15) is 5.10 Å². The molecule has 1 aromatic rings. The first-order valence-corrected chi connectivity index (χ1v) is 6.80. The molecule has 1 unspecified atom stereocenters. The zero-order chi connectivity index (χ0) is 12.5. The second kappa shape index (κ2) is 4.72. The molecule has 0 bridgehead atoms. The number of rotatable bonds is 3. The predicted octanol–water partition coefficient (Wildman–Crippen LogP) is 1.11. The second-order valence-corrected chi connectivity index (χ2v) is 5.36. The maximum atomic E-state index is 12.3. The predicted molar refractivity (Wildman–Crippen MR) is 68.5 cm³/mol. The lowest BCUT2D eigenvalue weighted by molar-refractivity contribution is 0.0692. The van der Waals surface area contributed by atoms with E-state index in [1.54, 1.807) is 0 Å². The van der Waals surface area contributed by atoms with Crippen LogP contribution in [0.2, 0.25) is 0 Å². The first kappa shape index (κ1) is 11.7. The highest BCUT2D eigenvalue weighted by molar-refractivity contribution is 5.92. The number of hydrogen-bond acceptors (Lipinski definition) is 3. The molecule has 1 amide bonds. The number of nitrogens with one attached hydrogen (secondary N) is 2. The van der Waals surface area contributed by atoms with Crippen LogP contribution in [0.5, 0.6) is 0 Å². The normalized spacial score (nSPS) is 24.3. The van der Waals surface area contributed by atoms with Crippen LogP contribution in [0.15, 0.2) is 6.07 Å². The highest BCUT2D eigenvalue weighted by atomic mass is 16.2. The summed E-state index contributed by atoms with van der Waals surface area (Å²) >= 11 is 0. The average Bonchev–Trinajstić information content (AvgIpc) is 3.16. The van der Waals surface area contributed by atoms with Crippen molar-refractivity contribution in [3.8, 4) is 0 Å². The fourth-order valence-electron chi connectivity index (χ4n) is 2.61. The van der Waals surface area contributed by atoms with Crippen molar-refractivity contribution in [1.29, 1.82) is 0 Å². The third kappa shape index (κ3) is 2.27. The third-order valence-corrected chi connectivity index (χ3v) is 3.95. The number of aromatic nitrogens is 2. The summed E-state index contributed by atoms with van der Waals surface area (Å²) in [6, 6.07) is 2.35. The van der Waals surface area contributed by atoms with Crippen LogP contribution in [-0.4, -0.2) is 47.2 Å². The molecule has 2 aliphatic rings. The molecular weight excluding hydrogens is 228 g/mol. The molecule has 18 heavy (non-hydrogen) atoms. The highest BCUT2D eigenvalue weighted by Crippen LogP contribution is 2.39. The monoisotopic (exact) mass is 248 g/mol. The average molecular weight is 248 g/mol. The Morgan fingerprint density at radius 1 is 1.50 bits per heavy atom. The Labute approximate surface area is 107 Å². The van der Waals surface area contributed by atoms with E-state index in [2.05, 4.69) is 15.5 Å². The molecule has 3 rings (SSSR count). The number of aromatic amines is 1. The van der Waals surface area contributed by atoms with Gasteiger partial charge in [0.25, 0.3) is 5.91 Å². The Kier molecular flexibility index (Phi) is 3.07. The smallest absolute Gasteiger partial charge is 0.274 e. The van der Waals surface area contributed by atoms with Crippen LogP contribution in [0, 0.1) is 0 Å². The van der Waals surface area contributed by atoms with Crippen molar-refractivity contribution in [3.05, 3.63) is 17.5 Å². The van der Waals surface area contributed by atoms with E-state index in [1.165, 1.54) is 12.8 Å². The maximum absolute atomic E-state index is 12.3. The number of nitrogens with zero attached hydrogens (tertiary/aromatic N) is 2. The summed E-state index contributed by atoms with van der Waals surface area (Å²) in [7, 11) is 1.96. The minimum atomic E-state index is 0.0677. The molecule has 0 spiro atoms. The minimum absolute atomic E-state index is 0.0677. The molecule has 1 atom stereocenters. The lowest BCUT2D eigenvalue weighted by Crippen LogP contribution is -2.47. The molecule has 2 fully saturated rings. The van der Waals surface area contributed by atoms with Gasteiger partial charge in [0, 0.05) is 30.7 Å². The zero-order valence-corrected chi connectivity index (χ0v) is 10.8. The molecule has 1 aliphatic carbocycles. The van der Waals surface area contributed by atoms with Gasteiger partial charge < -0.3 is 10.2 Å².